The van der Waals surface area contributed by atoms with Crippen LogP contribution in [0.3, 0.4) is 0 Å². The van der Waals surface area contributed by atoms with Crippen LogP contribution in [0.5, 0.6) is 0 Å². The van der Waals surface area contributed by atoms with Crippen LogP contribution in [0.25, 0.3) is 0 Å². The van der Waals surface area contributed by atoms with E-state index in [1.807, 2.05) is 6.07 Å². The summed E-state index contributed by atoms with van der Waals surface area (Å²) in [6, 6.07) is 31.6. The van der Waals surface area contributed by atoms with Gasteiger partial charge in [0.2, 0.25) is 0 Å². The van der Waals surface area contributed by atoms with Gasteiger partial charge in [-0.15, -0.1) is 0 Å². The van der Waals surface area contributed by atoms with Crippen LogP contribution >= 0.6 is 0 Å². The van der Waals surface area contributed by atoms with Gasteiger partial charge in [-0.05, 0) is 29.0 Å². The fourth-order valence-corrected chi connectivity index (χ4v) is 3.37. The maximum Gasteiger partial charge on any atom is 0.0474 e. The molecule has 3 aromatic carbocycles. The largest absolute Gasteiger partial charge is 0.396 e. The first-order valence-electron chi connectivity index (χ1n) is 9.28. The van der Waals surface area contributed by atoms with Crippen LogP contribution in [0.1, 0.15) is 16.7 Å². The topological polar surface area (TPSA) is 23.5 Å². The van der Waals surface area contributed by atoms with E-state index in [4.69, 9.17) is 0 Å². The zero-order valence-corrected chi connectivity index (χ0v) is 15.2. The zero-order valence-electron chi connectivity index (χ0n) is 15.2. The molecule has 0 amide bonds. The molecule has 26 heavy (non-hydrogen) atoms. The molecule has 0 heterocycles. The Bertz CT molecular complexity index is 701. The molecule has 1 atom stereocenters. The Kier molecular flexibility index (Phi) is 7.00. The third-order valence-electron chi connectivity index (χ3n) is 4.64. The van der Waals surface area contributed by atoms with E-state index in [0.717, 1.165) is 26.1 Å². The molecule has 0 spiro atoms. The lowest BCUT2D eigenvalue weighted by Crippen LogP contribution is -2.31. The van der Waals surface area contributed by atoms with Gasteiger partial charge in [0, 0.05) is 26.2 Å². The van der Waals surface area contributed by atoms with Crippen LogP contribution in [0.4, 0.5) is 0 Å². The van der Waals surface area contributed by atoms with Crippen molar-refractivity contribution in [2.75, 3.05) is 13.2 Å². The second-order valence-electron chi connectivity index (χ2n) is 6.88. The molecule has 0 aliphatic heterocycles. The van der Waals surface area contributed by atoms with E-state index in [1.54, 1.807) is 0 Å². The third-order valence-corrected chi connectivity index (χ3v) is 4.64. The summed E-state index contributed by atoms with van der Waals surface area (Å²) in [4.78, 5) is 2.44. The van der Waals surface area contributed by atoms with E-state index in [9.17, 15) is 5.11 Å². The average Bonchev–Trinajstić information content (AvgIpc) is 2.70. The molecule has 0 aliphatic rings. The summed E-state index contributed by atoms with van der Waals surface area (Å²) in [6.45, 7) is 2.85. The second-order valence-corrected chi connectivity index (χ2v) is 6.88. The van der Waals surface area contributed by atoms with Gasteiger partial charge in [-0.2, -0.15) is 0 Å². The van der Waals surface area contributed by atoms with Crippen molar-refractivity contribution in [2.45, 2.75) is 19.5 Å². The first-order valence-corrected chi connectivity index (χ1v) is 9.28. The Morgan fingerprint density at radius 1 is 0.615 bits per heavy atom. The molecule has 0 fully saturated rings. The van der Waals surface area contributed by atoms with Gasteiger partial charge >= 0.3 is 0 Å². The number of hydrogen-bond acceptors (Lipinski definition) is 2. The van der Waals surface area contributed by atoms with Gasteiger partial charge in [-0.1, -0.05) is 91.0 Å². The van der Waals surface area contributed by atoms with E-state index in [0.29, 0.717) is 0 Å². The fraction of sp³-hybridized carbons (Fsp3) is 0.250. The van der Waals surface area contributed by atoms with Crippen LogP contribution in [0.2, 0.25) is 0 Å². The molecular formula is C24H27NO. The quantitative estimate of drug-likeness (QED) is 0.615. The summed E-state index contributed by atoms with van der Waals surface area (Å²) in [5.41, 5.74) is 3.89. The molecule has 3 rings (SSSR count). The van der Waals surface area contributed by atoms with Gasteiger partial charge in [0.15, 0.2) is 0 Å². The van der Waals surface area contributed by atoms with E-state index in [2.05, 4.69) is 89.8 Å². The Morgan fingerprint density at radius 2 is 1.04 bits per heavy atom. The van der Waals surface area contributed by atoms with Crippen molar-refractivity contribution in [3.8, 4) is 0 Å². The molecule has 0 aliphatic carbocycles. The molecular weight excluding hydrogens is 318 g/mol. The van der Waals surface area contributed by atoms with Gasteiger partial charge in [0.1, 0.15) is 0 Å². The molecule has 0 unspecified atom stereocenters. The van der Waals surface area contributed by atoms with E-state index < -0.39 is 0 Å². The highest BCUT2D eigenvalue weighted by Gasteiger charge is 2.15. The minimum Gasteiger partial charge on any atom is -0.396 e. The van der Waals surface area contributed by atoms with Crippen LogP contribution in [0, 0.1) is 5.92 Å². The van der Waals surface area contributed by atoms with Gasteiger partial charge in [-0.3, -0.25) is 4.90 Å². The van der Waals surface area contributed by atoms with Crippen molar-refractivity contribution in [1.29, 1.82) is 0 Å². The first-order chi connectivity index (χ1) is 12.8. The van der Waals surface area contributed by atoms with Gasteiger partial charge in [-0.25, -0.2) is 0 Å². The monoisotopic (exact) mass is 345 g/mol. The maximum atomic E-state index is 9.94. The number of aliphatic hydroxyl groups is 1. The van der Waals surface area contributed by atoms with Crippen LogP contribution in [-0.4, -0.2) is 23.2 Å². The average molecular weight is 345 g/mol. The highest BCUT2D eigenvalue weighted by atomic mass is 16.3. The summed E-state index contributed by atoms with van der Waals surface area (Å²) >= 11 is 0. The first kappa shape index (κ1) is 18.4. The third kappa shape index (κ3) is 5.83. The number of benzene rings is 3. The van der Waals surface area contributed by atoms with Crippen LogP contribution in [-0.2, 0) is 19.5 Å². The summed E-state index contributed by atoms with van der Waals surface area (Å²) in [6.07, 6.45) is 0.900. The predicted molar refractivity (Wildman–Crippen MR) is 108 cm³/mol. The van der Waals surface area contributed by atoms with E-state index >= 15 is 0 Å². The Balaban J connectivity index is 1.70. The minimum absolute atomic E-state index is 0.203. The van der Waals surface area contributed by atoms with Crippen molar-refractivity contribution in [3.63, 3.8) is 0 Å². The Labute approximate surface area is 156 Å². The number of hydrogen-bond donors (Lipinski definition) is 1. The number of aliphatic hydroxyl groups excluding tert-OH is 1. The highest BCUT2D eigenvalue weighted by molar-refractivity contribution is 5.18. The Morgan fingerprint density at radius 3 is 1.46 bits per heavy atom. The molecule has 0 saturated carbocycles. The number of nitrogens with zero attached hydrogens (tertiary/aromatic N) is 1. The van der Waals surface area contributed by atoms with Crippen molar-refractivity contribution in [2.24, 2.45) is 5.92 Å². The molecule has 3 aromatic rings. The molecule has 2 heteroatoms. The van der Waals surface area contributed by atoms with Crippen molar-refractivity contribution in [3.05, 3.63) is 108 Å². The lowest BCUT2D eigenvalue weighted by Gasteiger charge is -2.27. The molecule has 0 saturated heterocycles. The summed E-state index contributed by atoms with van der Waals surface area (Å²) in [5.74, 6) is 0.227. The molecule has 0 bridgehead atoms. The second kappa shape index (κ2) is 9.91. The van der Waals surface area contributed by atoms with Crippen LogP contribution in [0.15, 0.2) is 91.0 Å². The van der Waals surface area contributed by atoms with E-state index in [1.165, 1.54) is 16.7 Å². The molecule has 1 N–H and O–H groups in total. The van der Waals surface area contributed by atoms with Crippen molar-refractivity contribution >= 4 is 0 Å². The molecule has 0 radical (unpaired) electrons. The fourth-order valence-electron chi connectivity index (χ4n) is 3.37. The van der Waals surface area contributed by atoms with Crippen LogP contribution < -0.4 is 0 Å². The standard InChI is InChI=1S/C24H27NO/c26-20-24(16-21-10-4-1-5-11-21)19-25(17-22-12-6-2-7-13-22)18-23-14-8-3-9-15-23/h1-15,24,26H,16-20H2/t24-/m0/s1. The minimum atomic E-state index is 0.203. The van der Waals surface area contributed by atoms with Gasteiger partial charge in [0.25, 0.3) is 0 Å². The number of rotatable bonds is 9. The summed E-state index contributed by atoms with van der Waals surface area (Å²) in [5, 5.41) is 9.94. The smallest absolute Gasteiger partial charge is 0.0474 e. The SMILES string of the molecule is OC[C@@H](Cc1ccccc1)CN(Cc1ccccc1)Cc1ccccc1. The maximum absolute atomic E-state index is 9.94. The van der Waals surface area contributed by atoms with Gasteiger partial charge < -0.3 is 5.11 Å². The molecule has 0 aromatic heterocycles. The van der Waals surface area contributed by atoms with E-state index in [-0.39, 0.29) is 12.5 Å². The molecule has 134 valence electrons. The molecule has 2 nitrogen and oxygen atoms in total. The van der Waals surface area contributed by atoms with Crippen molar-refractivity contribution in [1.82, 2.24) is 4.90 Å². The van der Waals surface area contributed by atoms with Crippen molar-refractivity contribution < 1.29 is 5.11 Å². The van der Waals surface area contributed by atoms with Gasteiger partial charge in [0.05, 0.1) is 0 Å². The highest BCUT2D eigenvalue weighted by Crippen LogP contribution is 2.15. The zero-order chi connectivity index (χ0) is 18.0. The predicted octanol–water partition coefficient (Wildman–Crippen LogP) is 4.54. The Hall–Kier alpha value is -2.42. The summed E-state index contributed by atoms with van der Waals surface area (Å²) in [7, 11) is 0. The lowest BCUT2D eigenvalue weighted by atomic mass is 9.99. The summed E-state index contributed by atoms with van der Waals surface area (Å²) < 4.78 is 0. The normalized spacial score (nSPS) is 12.2. The lowest BCUT2D eigenvalue weighted by molar-refractivity contribution is 0.153.